The molecule has 8 heteroatoms. The van der Waals surface area contributed by atoms with Gasteiger partial charge in [0.15, 0.2) is 11.9 Å². The van der Waals surface area contributed by atoms with Crippen molar-refractivity contribution in [1.29, 1.82) is 0 Å². The molecule has 2 aromatic carbocycles. The summed E-state index contributed by atoms with van der Waals surface area (Å²) in [5.41, 5.74) is 1.79. The quantitative estimate of drug-likeness (QED) is 0.453. The lowest BCUT2D eigenvalue weighted by Gasteiger charge is -2.40. The first-order chi connectivity index (χ1) is 15.3. The van der Waals surface area contributed by atoms with Gasteiger partial charge in [-0.3, -0.25) is 4.79 Å². The van der Waals surface area contributed by atoms with E-state index in [0.717, 1.165) is 16.9 Å². The lowest BCUT2D eigenvalue weighted by atomic mass is 9.93. The molecule has 1 aliphatic rings. The average Bonchev–Trinajstić information content (AvgIpc) is 2.80. The number of methoxy groups -OCH3 is 1. The second-order valence-corrected chi connectivity index (χ2v) is 7.85. The summed E-state index contributed by atoms with van der Waals surface area (Å²) in [7, 11) is 1.60. The number of aliphatic hydroxyl groups is 4. The van der Waals surface area contributed by atoms with Crippen LogP contribution < -0.4 is 9.47 Å². The minimum Gasteiger partial charge on any atom is -0.497 e. The molecule has 6 atom stereocenters. The number of Topliss-reactive ketones (excluding diaryl/α,β-unsaturated/α-hetero) is 1. The van der Waals surface area contributed by atoms with Crippen molar-refractivity contribution >= 4 is 5.78 Å². The van der Waals surface area contributed by atoms with E-state index >= 15 is 0 Å². The van der Waals surface area contributed by atoms with Gasteiger partial charge in [-0.05, 0) is 35.7 Å². The van der Waals surface area contributed by atoms with Crippen molar-refractivity contribution in [3.63, 3.8) is 0 Å². The second kappa shape index (κ2) is 10.9. The first kappa shape index (κ1) is 24.2. The van der Waals surface area contributed by atoms with Gasteiger partial charge in [0.05, 0.1) is 7.11 Å². The maximum absolute atomic E-state index is 12.5. The molecule has 1 heterocycles. The predicted octanol–water partition coefficient (Wildman–Crippen LogP) is 1.20. The van der Waals surface area contributed by atoms with Crippen LogP contribution in [0.1, 0.15) is 30.9 Å². The Morgan fingerprint density at radius 1 is 1.03 bits per heavy atom. The van der Waals surface area contributed by atoms with Gasteiger partial charge >= 0.3 is 0 Å². The summed E-state index contributed by atoms with van der Waals surface area (Å²) in [4.78, 5) is 12.5. The van der Waals surface area contributed by atoms with E-state index in [4.69, 9.17) is 14.2 Å². The molecule has 0 aromatic heterocycles. The molecule has 8 nitrogen and oxygen atoms in total. The Morgan fingerprint density at radius 2 is 1.72 bits per heavy atom. The fourth-order valence-corrected chi connectivity index (χ4v) is 3.64. The Hall–Kier alpha value is -2.49. The van der Waals surface area contributed by atoms with Crippen LogP contribution in [0.15, 0.2) is 48.5 Å². The summed E-state index contributed by atoms with van der Waals surface area (Å²) in [6, 6.07) is 14.7. The maximum Gasteiger partial charge on any atom is 0.229 e. The number of aliphatic hydroxyl groups excluding tert-OH is 4. The Morgan fingerprint density at radius 3 is 2.38 bits per heavy atom. The van der Waals surface area contributed by atoms with Gasteiger partial charge in [0.1, 0.15) is 35.9 Å². The van der Waals surface area contributed by atoms with Crippen molar-refractivity contribution in [2.24, 2.45) is 0 Å². The molecule has 1 fully saturated rings. The summed E-state index contributed by atoms with van der Waals surface area (Å²) in [6.45, 7) is 1.80. The zero-order valence-electron chi connectivity index (χ0n) is 18.1. The van der Waals surface area contributed by atoms with Crippen molar-refractivity contribution in [2.75, 3.05) is 7.11 Å². The van der Waals surface area contributed by atoms with Gasteiger partial charge in [-0.15, -0.1) is 0 Å². The molecule has 3 rings (SSSR count). The average molecular weight is 446 g/mol. The Labute approximate surface area is 187 Å². The number of carbonyl (C=O) groups is 1. The molecule has 2 aromatic rings. The zero-order chi connectivity index (χ0) is 23.3. The fraction of sp³-hybridized carbons (Fsp3) is 0.458. The molecule has 1 aliphatic heterocycles. The Bertz CT molecular complexity index is 884. The Kier molecular flexibility index (Phi) is 8.22. The van der Waals surface area contributed by atoms with Gasteiger partial charge in [0.2, 0.25) is 6.29 Å². The highest BCUT2D eigenvalue weighted by molar-refractivity contribution is 5.88. The van der Waals surface area contributed by atoms with Gasteiger partial charge in [-0.2, -0.15) is 0 Å². The monoisotopic (exact) mass is 446 g/mol. The molecule has 0 bridgehead atoms. The fourth-order valence-electron chi connectivity index (χ4n) is 3.64. The van der Waals surface area contributed by atoms with Crippen LogP contribution in [-0.2, 0) is 16.0 Å². The van der Waals surface area contributed by atoms with Gasteiger partial charge in [0, 0.05) is 6.42 Å². The minimum atomic E-state index is -1.68. The van der Waals surface area contributed by atoms with Crippen LogP contribution >= 0.6 is 0 Å². The van der Waals surface area contributed by atoms with Gasteiger partial charge in [-0.25, -0.2) is 0 Å². The lowest BCUT2D eigenvalue weighted by Crippen LogP contribution is -2.62. The van der Waals surface area contributed by atoms with Crippen LogP contribution in [0.4, 0.5) is 0 Å². The molecule has 0 aliphatic carbocycles. The number of para-hydroxylation sites is 1. The number of hydrogen-bond acceptors (Lipinski definition) is 8. The van der Waals surface area contributed by atoms with E-state index in [-0.39, 0.29) is 6.42 Å². The van der Waals surface area contributed by atoms with E-state index in [1.54, 1.807) is 26.2 Å². The number of ether oxygens (including phenoxy) is 3. The number of benzene rings is 2. The lowest BCUT2D eigenvalue weighted by molar-refractivity contribution is -0.268. The third-order valence-corrected chi connectivity index (χ3v) is 5.51. The summed E-state index contributed by atoms with van der Waals surface area (Å²) in [5, 5.41) is 40.9. The molecule has 32 heavy (non-hydrogen) atoms. The smallest absolute Gasteiger partial charge is 0.229 e. The molecular formula is C24H30O8. The van der Waals surface area contributed by atoms with Crippen LogP contribution in [0.2, 0.25) is 0 Å². The second-order valence-electron chi connectivity index (χ2n) is 7.85. The van der Waals surface area contributed by atoms with Crippen molar-refractivity contribution in [1.82, 2.24) is 0 Å². The van der Waals surface area contributed by atoms with Crippen LogP contribution in [-0.4, -0.2) is 70.1 Å². The van der Waals surface area contributed by atoms with Crippen LogP contribution in [0, 0.1) is 0 Å². The topological polar surface area (TPSA) is 126 Å². The first-order valence-corrected chi connectivity index (χ1v) is 10.6. The van der Waals surface area contributed by atoms with E-state index < -0.39 is 42.6 Å². The highest BCUT2D eigenvalue weighted by Crippen LogP contribution is 2.29. The van der Waals surface area contributed by atoms with E-state index in [1.165, 1.54) is 0 Å². The molecule has 0 amide bonds. The van der Waals surface area contributed by atoms with E-state index in [2.05, 4.69) is 0 Å². The van der Waals surface area contributed by atoms with E-state index in [0.29, 0.717) is 18.6 Å². The standard InChI is InChI=1S/C24H30O8/c1-3-6-17(25)19(26)23-21(28)20(27)22(29)24(32-23)31-18-8-5-4-7-15(18)13-14-9-11-16(30-2)12-10-14/h4-5,7-12,17,20-25,27-29H,3,6,13H2,1-2H3/t17?,20-,21-,22+,23+,24-/m0/s1. The minimum absolute atomic E-state index is 0.195. The van der Waals surface area contributed by atoms with Crippen LogP contribution in [0.3, 0.4) is 0 Å². The molecule has 1 unspecified atom stereocenters. The summed E-state index contributed by atoms with van der Waals surface area (Å²) >= 11 is 0. The third kappa shape index (κ3) is 5.46. The normalized spacial score (nSPS) is 26.4. The maximum atomic E-state index is 12.5. The zero-order valence-corrected chi connectivity index (χ0v) is 18.1. The highest BCUT2D eigenvalue weighted by Gasteiger charge is 2.48. The molecule has 4 N–H and O–H groups in total. The van der Waals surface area contributed by atoms with Crippen LogP contribution in [0.5, 0.6) is 11.5 Å². The highest BCUT2D eigenvalue weighted by atomic mass is 16.7. The molecule has 0 saturated carbocycles. The molecule has 0 radical (unpaired) electrons. The third-order valence-electron chi connectivity index (χ3n) is 5.51. The number of hydrogen-bond donors (Lipinski definition) is 4. The van der Waals surface area contributed by atoms with Gasteiger partial charge < -0.3 is 34.6 Å². The first-order valence-electron chi connectivity index (χ1n) is 10.6. The molecule has 1 saturated heterocycles. The van der Waals surface area contributed by atoms with Crippen molar-refractivity contribution in [3.8, 4) is 11.5 Å². The molecule has 0 spiro atoms. The number of rotatable bonds is 9. The molecule has 174 valence electrons. The van der Waals surface area contributed by atoms with Crippen molar-refractivity contribution in [3.05, 3.63) is 59.7 Å². The number of carbonyl (C=O) groups excluding carboxylic acids is 1. The van der Waals surface area contributed by atoms with Gasteiger partial charge in [-0.1, -0.05) is 43.7 Å². The summed E-state index contributed by atoms with van der Waals surface area (Å²) < 4.78 is 16.6. The summed E-state index contributed by atoms with van der Waals surface area (Å²) in [5.74, 6) is 0.382. The van der Waals surface area contributed by atoms with Crippen molar-refractivity contribution in [2.45, 2.75) is 63.0 Å². The predicted molar refractivity (Wildman–Crippen MR) is 115 cm³/mol. The SMILES string of the molecule is CCCC(O)C(=O)[C@H]1O[C@H](Oc2ccccc2Cc2ccc(OC)cc2)[C@H](O)[C@@H](O)[C@@H]1O. The Balaban J connectivity index is 1.78. The van der Waals surface area contributed by atoms with Gasteiger partial charge in [0.25, 0.3) is 0 Å². The van der Waals surface area contributed by atoms with Crippen LogP contribution in [0.25, 0.3) is 0 Å². The largest absolute Gasteiger partial charge is 0.497 e. The van der Waals surface area contributed by atoms with E-state index in [1.807, 2.05) is 36.4 Å². The summed E-state index contributed by atoms with van der Waals surface area (Å²) in [6.07, 6.45) is -7.95. The van der Waals surface area contributed by atoms with E-state index in [9.17, 15) is 25.2 Å². The van der Waals surface area contributed by atoms with Crippen molar-refractivity contribution < 1.29 is 39.4 Å². The molecular weight excluding hydrogens is 416 g/mol. The number of ketones is 1.